The summed E-state index contributed by atoms with van der Waals surface area (Å²) >= 11 is 12.7. The Kier molecular flexibility index (Phi) is 6.67. The molecule has 0 aliphatic carbocycles. The molecular formula is C13H16Br2ClNO. The van der Waals surface area contributed by atoms with Crippen LogP contribution in [0.15, 0.2) is 24.3 Å². The van der Waals surface area contributed by atoms with Crippen molar-refractivity contribution in [1.82, 2.24) is 5.32 Å². The average Bonchev–Trinajstić information content (AvgIpc) is 2.39. The summed E-state index contributed by atoms with van der Waals surface area (Å²) < 4.78 is 0. The fourth-order valence-corrected chi connectivity index (χ4v) is 3.64. The Morgan fingerprint density at radius 1 is 1.28 bits per heavy atom. The van der Waals surface area contributed by atoms with Crippen molar-refractivity contribution in [3.05, 3.63) is 34.9 Å². The molecule has 0 bridgehead atoms. The van der Waals surface area contributed by atoms with E-state index in [1.807, 2.05) is 12.1 Å². The van der Waals surface area contributed by atoms with Crippen LogP contribution in [0, 0.1) is 0 Å². The van der Waals surface area contributed by atoms with Gasteiger partial charge in [0.25, 0.3) is 0 Å². The number of hydrogen-bond acceptors (Lipinski definition) is 1. The lowest BCUT2D eigenvalue weighted by molar-refractivity contribution is -0.121. The predicted molar refractivity (Wildman–Crippen MR) is 83.9 cm³/mol. The molecule has 18 heavy (non-hydrogen) atoms. The average molecular weight is 398 g/mol. The van der Waals surface area contributed by atoms with E-state index in [1.54, 1.807) is 12.1 Å². The normalized spacial score (nSPS) is 11.3. The minimum absolute atomic E-state index is 0.0260. The number of carbonyl (C=O) groups excluding carboxylic acids is 1. The lowest BCUT2D eigenvalue weighted by Gasteiger charge is -2.30. The Hall–Kier alpha value is -0.0600. The van der Waals surface area contributed by atoms with Gasteiger partial charge in [0.15, 0.2) is 0 Å². The van der Waals surface area contributed by atoms with E-state index in [4.69, 9.17) is 11.6 Å². The summed E-state index contributed by atoms with van der Waals surface area (Å²) in [6.07, 6.45) is 1.24. The molecule has 1 rings (SSSR count). The van der Waals surface area contributed by atoms with Crippen molar-refractivity contribution in [2.24, 2.45) is 0 Å². The maximum atomic E-state index is 12.0. The third-order valence-corrected chi connectivity index (χ3v) is 5.27. The molecule has 5 heteroatoms. The lowest BCUT2D eigenvalue weighted by atomic mass is 10.0. The Bertz CT molecular complexity index is 382. The summed E-state index contributed by atoms with van der Waals surface area (Å²) in [7, 11) is 0. The van der Waals surface area contributed by atoms with Crippen LogP contribution < -0.4 is 5.32 Å². The second-order valence-electron chi connectivity index (χ2n) is 4.25. The van der Waals surface area contributed by atoms with Crippen LogP contribution in [0.4, 0.5) is 0 Å². The van der Waals surface area contributed by atoms with E-state index < -0.39 is 0 Å². The second kappa shape index (κ2) is 7.51. The zero-order valence-corrected chi connectivity index (χ0v) is 14.1. The van der Waals surface area contributed by atoms with Gasteiger partial charge in [0.05, 0.1) is 12.0 Å². The molecular weight excluding hydrogens is 381 g/mol. The molecule has 1 aromatic carbocycles. The molecule has 0 atom stereocenters. The van der Waals surface area contributed by atoms with E-state index in [9.17, 15) is 4.79 Å². The van der Waals surface area contributed by atoms with Crippen LogP contribution in [0.3, 0.4) is 0 Å². The summed E-state index contributed by atoms with van der Waals surface area (Å²) in [4.78, 5) is 12.0. The molecule has 0 aliphatic rings. The number of nitrogens with one attached hydrogen (secondary N) is 1. The molecule has 2 nitrogen and oxygen atoms in total. The van der Waals surface area contributed by atoms with Gasteiger partial charge in [-0.3, -0.25) is 4.79 Å². The number of alkyl halides is 2. The molecule has 0 spiro atoms. The predicted octanol–water partition coefficient (Wildman–Crippen LogP) is 3.94. The molecule has 1 aromatic rings. The van der Waals surface area contributed by atoms with Gasteiger partial charge in [-0.25, -0.2) is 0 Å². The van der Waals surface area contributed by atoms with E-state index in [0.717, 1.165) is 22.6 Å². The Morgan fingerprint density at radius 3 is 2.28 bits per heavy atom. The highest BCUT2D eigenvalue weighted by Crippen LogP contribution is 2.17. The fraction of sp³-hybridized carbons (Fsp3) is 0.462. The zero-order valence-electron chi connectivity index (χ0n) is 10.2. The molecule has 1 amide bonds. The van der Waals surface area contributed by atoms with Crippen molar-refractivity contribution in [1.29, 1.82) is 0 Å². The molecule has 0 unspecified atom stereocenters. The first-order chi connectivity index (χ1) is 8.55. The number of benzene rings is 1. The molecule has 0 saturated carbocycles. The van der Waals surface area contributed by atoms with E-state index in [-0.39, 0.29) is 11.4 Å². The first-order valence-electron chi connectivity index (χ1n) is 5.72. The van der Waals surface area contributed by atoms with E-state index in [2.05, 4.69) is 44.1 Å². The van der Waals surface area contributed by atoms with Gasteiger partial charge in [-0.15, -0.1) is 0 Å². The maximum Gasteiger partial charge on any atom is 0.224 e. The highest BCUT2D eigenvalue weighted by Gasteiger charge is 2.27. The van der Waals surface area contributed by atoms with Crippen LogP contribution in [0.5, 0.6) is 0 Å². The van der Waals surface area contributed by atoms with Gasteiger partial charge >= 0.3 is 0 Å². The quantitative estimate of drug-likeness (QED) is 0.724. The SMILES string of the molecule is CCC(CBr)(CBr)NC(=O)Cc1ccc(Cl)cc1. The molecule has 0 heterocycles. The molecule has 100 valence electrons. The summed E-state index contributed by atoms with van der Waals surface area (Å²) in [5.74, 6) is 0.0260. The van der Waals surface area contributed by atoms with E-state index >= 15 is 0 Å². The summed E-state index contributed by atoms with van der Waals surface area (Å²) in [6.45, 7) is 2.06. The summed E-state index contributed by atoms with van der Waals surface area (Å²) in [6, 6.07) is 7.34. The third-order valence-electron chi connectivity index (χ3n) is 2.87. The molecule has 0 radical (unpaired) electrons. The highest BCUT2D eigenvalue weighted by molar-refractivity contribution is 9.09. The number of rotatable bonds is 6. The van der Waals surface area contributed by atoms with Gasteiger partial charge in [0.1, 0.15) is 0 Å². The van der Waals surface area contributed by atoms with Crippen LogP contribution in [0.2, 0.25) is 5.02 Å². The van der Waals surface area contributed by atoms with Crippen molar-refractivity contribution in [3.8, 4) is 0 Å². The molecule has 0 fully saturated rings. The molecule has 0 aliphatic heterocycles. The Morgan fingerprint density at radius 2 is 1.83 bits per heavy atom. The summed E-state index contributed by atoms with van der Waals surface area (Å²) in [5, 5.41) is 5.22. The number of halogens is 3. The Balaban J connectivity index is 2.63. The van der Waals surface area contributed by atoms with Gasteiger partial charge in [-0.1, -0.05) is 62.5 Å². The van der Waals surface area contributed by atoms with Crippen LogP contribution in [0.1, 0.15) is 18.9 Å². The summed E-state index contributed by atoms with van der Waals surface area (Å²) in [5.41, 5.74) is 0.745. The number of amides is 1. The van der Waals surface area contributed by atoms with Gasteiger partial charge in [0, 0.05) is 15.7 Å². The maximum absolute atomic E-state index is 12.0. The van der Waals surface area contributed by atoms with Crippen molar-refractivity contribution in [3.63, 3.8) is 0 Å². The molecule has 0 saturated heterocycles. The fourth-order valence-electron chi connectivity index (χ4n) is 1.51. The van der Waals surface area contributed by atoms with Crippen molar-refractivity contribution >= 4 is 49.4 Å². The molecule has 1 N–H and O–H groups in total. The highest BCUT2D eigenvalue weighted by atomic mass is 79.9. The minimum Gasteiger partial charge on any atom is -0.349 e. The number of carbonyl (C=O) groups is 1. The van der Waals surface area contributed by atoms with E-state index in [0.29, 0.717) is 11.4 Å². The van der Waals surface area contributed by atoms with Gasteiger partial charge in [-0.05, 0) is 24.1 Å². The van der Waals surface area contributed by atoms with Gasteiger partial charge in [0.2, 0.25) is 5.91 Å². The van der Waals surface area contributed by atoms with Crippen LogP contribution in [-0.2, 0) is 11.2 Å². The van der Waals surface area contributed by atoms with Crippen molar-refractivity contribution in [2.75, 3.05) is 10.7 Å². The van der Waals surface area contributed by atoms with E-state index in [1.165, 1.54) is 0 Å². The first-order valence-corrected chi connectivity index (χ1v) is 8.34. The van der Waals surface area contributed by atoms with Crippen LogP contribution in [0.25, 0.3) is 0 Å². The molecule has 0 aromatic heterocycles. The smallest absolute Gasteiger partial charge is 0.224 e. The van der Waals surface area contributed by atoms with Crippen LogP contribution >= 0.6 is 43.5 Å². The topological polar surface area (TPSA) is 29.1 Å². The monoisotopic (exact) mass is 395 g/mol. The standard InChI is InChI=1S/C13H16Br2ClNO/c1-2-13(8-14,9-15)17-12(18)7-10-3-5-11(16)6-4-10/h3-6H,2,7-9H2,1H3,(H,17,18). The largest absolute Gasteiger partial charge is 0.349 e. The van der Waals surface area contributed by atoms with Gasteiger partial charge < -0.3 is 5.32 Å². The second-order valence-corrected chi connectivity index (χ2v) is 5.81. The zero-order chi connectivity index (χ0) is 13.6. The minimum atomic E-state index is -0.219. The van der Waals surface area contributed by atoms with Crippen molar-refractivity contribution in [2.45, 2.75) is 25.3 Å². The third kappa shape index (κ3) is 4.56. The van der Waals surface area contributed by atoms with Gasteiger partial charge in [-0.2, -0.15) is 0 Å². The number of hydrogen-bond donors (Lipinski definition) is 1. The Labute approximate surface area is 130 Å². The first kappa shape index (κ1) is 16.0. The lowest BCUT2D eigenvalue weighted by Crippen LogP contribution is -2.51. The van der Waals surface area contributed by atoms with Crippen molar-refractivity contribution < 1.29 is 4.79 Å². The van der Waals surface area contributed by atoms with Crippen LogP contribution in [-0.4, -0.2) is 22.1 Å².